The molecule has 0 aliphatic rings. The monoisotopic (exact) mass is 254 g/mol. The Balaban J connectivity index is 2.71. The number of halogens is 1. The fourth-order valence-corrected chi connectivity index (χ4v) is 1.57. The van der Waals surface area contributed by atoms with E-state index in [0.29, 0.717) is 22.2 Å². The molecule has 0 saturated carbocycles. The molecule has 0 aromatic heterocycles. The van der Waals surface area contributed by atoms with Gasteiger partial charge in [0.25, 0.3) is 5.91 Å². The first-order chi connectivity index (χ1) is 7.91. The van der Waals surface area contributed by atoms with Crippen LogP contribution in [-0.2, 0) is 0 Å². The average molecular weight is 255 g/mol. The number of benzene rings is 1. The van der Waals surface area contributed by atoms with Crippen LogP contribution >= 0.6 is 11.6 Å². The van der Waals surface area contributed by atoms with Crippen molar-refractivity contribution in [2.75, 3.05) is 19.3 Å². The number of hydrogen-bond donors (Lipinski definition) is 1. The summed E-state index contributed by atoms with van der Waals surface area (Å²) in [4.78, 5) is 13.8. The molecule has 2 N–H and O–H groups in total. The largest absolute Gasteiger partial charge is 0.398 e. The lowest BCUT2D eigenvalue weighted by Gasteiger charge is -2.18. The second-order valence-corrected chi connectivity index (χ2v) is 5.05. The summed E-state index contributed by atoms with van der Waals surface area (Å²) in [5.41, 5.74) is 6.70. The van der Waals surface area contributed by atoms with E-state index in [0.717, 1.165) is 13.0 Å². The van der Waals surface area contributed by atoms with E-state index in [1.54, 1.807) is 30.1 Å². The molecule has 1 aromatic carbocycles. The summed E-state index contributed by atoms with van der Waals surface area (Å²) in [6.45, 7) is 5.02. The summed E-state index contributed by atoms with van der Waals surface area (Å²) < 4.78 is 0. The predicted octanol–water partition coefficient (Wildman–Crippen LogP) is 3.04. The molecule has 0 saturated heterocycles. The number of nitrogen functional groups attached to an aromatic ring is 1. The highest BCUT2D eigenvalue weighted by Crippen LogP contribution is 2.20. The average Bonchev–Trinajstić information content (AvgIpc) is 2.28. The van der Waals surface area contributed by atoms with E-state index in [4.69, 9.17) is 17.3 Å². The van der Waals surface area contributed by atoms with Gasteiger partial charge in [-0.1, -0.05) is 25.4 Å². The van der Waals surface area contributed by atoms with E-state index in [1.807, 2.05) is 0 Å². The lowest BCUT2D eigenvalue weighted by molar-refractivity contribution is 0.0789. The summed E-state index contributed by atoms with van der Waals surface area (Å²) in [6.07, 6.45) is 0.991. The molecule has 3 nitrogen and oxygen atoms in total. The summed E-state index contributed by atoms with van der Waals surface area (Å²) in [5, 5.41) is 0.478. The smallest absolute Gasteiger partial charge is 0.253 e. The van der Waals surface area contributed by atoms with Crippen molar-refractivity contribution in [3.8, 4) is 0 Å². The van der Waals surface area contributed by atoms with Crippen LogP contribution in [0.5, 0.6) is 0 Å². The molecule has 0 fully saturated rings. The van der Waals surface area contributed by atoms with Gasteiger partial charge in [-0.25, -0.2) is 0 Å². The highest BCUT2D eigenvalue weighted by molar-refractivity contribution is 6.33. The van der Waals surface area contributed by atoms with E-state index in [2.05, 4.69) is 13.8 Å². The van der Waals surface area contributed by atoms with E-state index in [-0.39, 0.29) is 5.91 Å². The molecule has 0 atom stereocenters. The molecule has 1 aromatic rings. The number of nitrogens with zero attached hydrogens (tertiary/aromatic N) is 1. The second kappa shape index (κ2) is 5.92. The van der Waals surface area contributed by atoms with Crippen molar-refractivity contribution < 1.29 is 4.79 Å². The van der Waals surface area contributed by atoms with Gasteiger partial charge in [0.15, 0.2) is 0 Å². The first-order valence-corrected chi connectivity index (χ1v) is 6.10. The van der Waals surface area contributed by atoms with Gasteiger partial charge in [-0.15, -0.1) is 0 Å². The minimum Gasteiger partial charge on any atom is -0.398 e. The van der Waals surface area contributed by atoms with Crippen molar-refractivity contribution in [3.05, 3.63) is 28.8 Å². The Labute approximate surface area is 108 Å². The summed E-state index contributed by atoms with van der Waals surface area (Å²) >= 11 is 5.82. The standard InChI is InChI=1S/C13H19ClN2O/c1-9(2)6-7-16(3)13(17)10-4-5-11(14)12(15)8-10/h4-5,8-9H,6-7,15H2,1-3H3. The Hall–Kier alpha value is -1.22. The van der Waals surface area contributed by atoms with E-state index >= 15 is 0 Å². The first-order valence-electron chi connectivity index (χ1n) is 5.72. The zero-order valence-electron chi connectivity index (χ0n) is 10.5. The molecule has 1 amide bonds. The fraction of sp³-hybridized carbons (Fsp3) is 0.462. The third-order valence-corrected chi connectivity index (χ3v) is 2.98. The second-order valence-electron chi connectivity index (χ2n) is 4.65. The van der Waals surface area contributed by atoms with Gasteiger partial charge >= 0.3 is 0 Å². The molecule has 0 bridgehead atoms. The molecule has 1 rings (SSSR count). The molecule has 0 spiro atoms. The number of carbonyl (C=O) groups is 1. The Morgan fingerprint density at radius 2 is 2.12 bits per heavy atom. The van der Waals surface area contributed by atoms with Crippen LogP contribution in [0.25, 0.3) is 0 Å². The van der Waals surface area contributed by atoms with Crippen LogP contribution in [0.3, 0.4) is 0 Å². The number of rotatable bonds is 4. The van der Waals surface area contributed by atoms with Crippen molar-refractivity contribution in [2.24, 2.45) is 5.92 Å². The highest BCUT2D eigenvalue weighted by atomic mass is 35.5. The molecule has 0 aliphatic carbocycles. The van der Waals surface area contributed by atoms with Crippen molar-refractivity contribution in [1.82, 2.24) is 4.90 Å². The van der Waals surface area contributed by atoms with Gasteiger partial charge in [0, 0.05) is 19.2 Å². The molecular weight excluding hydrogens is 236 g/mol. The summed E-state index contributed by atoms with van der Waals surface area (Å²) in [6, 6.07) is 4.98. The van der Waals surface area contributed by atoms with Crippen LogP contribution < -0.4 is 5.73 Å². The summed E-state index contributed by atoms with van der Waals surface area (Å²) in [5.74, 6) is 0.564. The maximum absolute atomic E-state index is 12.0. The van der Waals surface area contributed by atoms with Crippen LogP contribution in [0, 0.1) is 5.92 Å². The Kier molecular flexibility index (Phi) is 4.82. The fourth-order valence-electron chi connectivity index (χ4n) is 1.45. The number of carbonyl (C=O) groups excluding carboxylic acids is 1. The maximum Gasteiger partial charge on any atom is 0.253 e. The van der Waals surface area contributed by atoms with E-state index in [1.165, 1.54) is 0 Å². The molecule has 94 valence electrons. The van der Waals surface area contributed by atoms with Gasteiger partial charge in [-0.3, -0.25) is 4.79 Å². The van der Waals surface area contributed by atoms with Crippen molar-refractivity contribution >= 4 is 23.2 Å². The van der Waals surface area contributed by atoms with Crippen molar-refractivity contribution in [3.63, 3.8) is 0 Å². The Morgan fingerprint density at radius 3 is 2.65 bits per heavy atom. The molecule has 0 aliphatic heterocycles. The van der Waals surface area contributed by atoms with Crippen molar-refractivity contribution in [2.45, 2.75) is 20.3 Å². The van der Waals surface area contributed by atoms with Crippen LogP contribution in [0.1, 0.15) is 30.6 Å². The molecule has 4 heteroatoms. The Bertz CT molecular complexity index is 404. The molecule has 0 heterocycles. The SMILES string of the molecule is CC(C)CCN(C)C(=O)c1ccc(Cl)c(N)c1. The third kappa shape index (κ3) is 3.93. The van der Waals surface area contributed by atoms with E-state index in [9.17, 15) is 4.79 Å². The number of nitrogens with two attached hydrogens (primary N) is 1. The molecular formula is C13H19ClN2O. The quantitative estimate of drug-likeness (QED) is 0.840. The van der Waals surface area contributed by atoms with Crippen LogP contribution in [0.4, 0.5) is 5.69 Å². The topological polar surface area (TPSA) is 46.3 Å². The van der Waals surface area contributed by atoms with Gasteiger partial charge in [0.05, 0.1) is 10.7 Å². The predicted molar refractivity (Wildman–Crippen MR) is 72.3 cm³/mol. The minimum atomic E-state index is -0.0194. The third-order valence-electron chi connectivity index (χ3n) is 2.63. The lowest BCUT2D eigenvalue weighted by Crippen LogP contribution is -2.28. The normalized spacial score (nSPS) is 10.6. The molecule has 17 heavy (non-hydrogen) atoms. The minimum absolute atomic E-state index is 0.0194. The van der Waals surface area contributed by atoms with Gasteiger partial charge in [0.2, 0.25) is 0 Å². The Morgan fingerprint density at radius 1 is 1.47 bits per heavy atom. The molecule has 0 unspecified atom stereocenters. The van der Waals surface area contributed by atoms with Gasteiger partial charge in [-0.2, -0.15) is 0 Å². The van der Waals surface area contributed by atoms with Gasteiger partial charge in [0.1, 0.15) is 0 Å². The van der Waals surface area contributed by atoms with Gasteiger partial charge < -0.3 is 10.6 Å². The summed E-state index contributed by atoms with van der Waals surface area (Å²) in [7, 11) is 1.80. The van der Waals surface area contributed by atoms with E-state index < -0.39 is 0 Å². The van der Waals surface area contributed by atoms with Gasteiger partial charge in [-0.05, 0) is 30.5 Å². The first kappa shape index (κ1) is 13.8. The number of hydrogen-bond acceptors (Lipinski definition) is 2. The van der Waals surface area contributed by atoms with Crippen LogP contribution in [-0.4, -0.2) is 24.4 Å². The zero-order chi connectivity index (χ0) is 13.0. The zero-order valence-corrected chi connectivity index (χ0v) is 11.3. The molecule has 0 radical (unpaired) electrons. The van der Waals surface area contributed by atoms with Crippen molar-refractivity contribution in [1.29, 1.82) is 0 Å². The van der Waals surface area contributed by atoms with Crippen LogP contribution in [0.2, 0.25) is 5.02 Å². The highest BCUT2D eigenvalue weighted by Gasteiger charge is 2.12. The van der Waals surface area contributed by atoms with Crippen LogP contribution in [0.15, 0.2) is 18.2 Å². The maximum atomic E-state index is 12.0. The number of amides is 1. The lowest BCUT2D eigenvalue weighted by atomic mass is 10.1. The number of anilines is 1.